The van der Waals surface area contributed by atoms with Crippen LogP contribution in [0.3, 0.4) is 0 Å². The average molecular weight is 274 g/mol. The van der Waals surface area contributed by atoms with Crippen LogP contribution in [0.2, 0.25) is 0 Å². The van der Waals surface area contributed by atoms with Crippen LogP contribution in [-0.2, 0) is 11.2 Å². The van der Waals surface area contributed by atoms with E-state index in [1.165, 1.54) is 21.6 Å². The standard InChI is InChI=1S/C15H18N2OS/c1-16-8-14-12-4-2-5-13(15-9-17-10-19-15)11(12)6-3-7-18-14/h2,4-5,9-10,14,16H,3,6-8H2,1H3. The summed E-state index contributed by atoms with van der Waals surface area (Å²) in [5.74, 6) is 0. The molecule has 2 aromatic rings. The minimum atomic E-state index is 0.162. The van der Waals surface area contributed by atoms with Crippen LogP contribution < -0.4 is 5.32 Å². The Bertz CT molecular complexity index is 539. The lowest BCUT2D eigenvalue weighted by molar-refractivity contribution is 0.0579. The molecule has 1 aromatic heterocycles. The summed E-state index contributed by atoms with van der Waals surface area (Å²) in [7, 11) is 1.97. The molecule has 1 N–H and O–H groups in total. The maximum atomic E-state index is 5.97. The summed E-state index contributed by atoms with van der Waals surface area (Å²) in [6, 6.07) is 6.53. The van der Waals surface area contributed by atoms with Gasteiger partial charge in [-0.1, -0.05) is 18.2 Å². The highest BCUT2D eigenvalue weighted by Gasteiger charge is 2.21. The van der Waals surface area contributed by atoms with Gasteiger partial charge in [0.25, 0.3) is 0 Å². The normalized spacial score (nSPS) is 18.9. The number of hydrogen-bond acceptors (Lipinski definition) is 4. The fraction of sp³-hybridized carbons (Fsp3) is 0.400. The van der Waals surface area contributed by atoms with Crippen molar-refractivity contribution in [1.82, 2.24) is 10.3 Å². The van der Waals surface area contributed by atoms with E-state index in [-0.39, 0.29) is 6.10 Å². The zero-order valence-corrected chi connectivity index (χ0v) is 11.9. The molecule has 100 valence electrons. The minimum Gasteiger partial charge on any atom is -0.372 e. The van der Waals surface area contributed by atoms with Crippen LogP contribution >= 0.6 is 11.3 Å². The zero-order valence-electron chi connectivity index (χ0n) is 11.1. The van der Waals surface area contributed by atoms with Gasteiger partial charge in [-0.3, -0.25) is 4.98 Å². The SMILES string of the molecule is CNCC1OCCCc2c(-c3cncs3)cccc21. The monoisotopic (exact) mass is 274 g/mol. The van der Waals surface area contributed by atoms with Crippen molar-refractivity contribution in [3.63, 3.8) is 0 Å². The first-order valence-corrected chi connectivity index (χ1v) is 7.55. The Morgan fingerprint density at radius 2 is 2.42 bits per heavy atom. The summed E-state index contributed by atoms with van der Waals surface area (Å²) < 4.78 is 5.97. The molecule has 3 rings (SSSR count). The van der Waals surface area contributed by atoms with Gasteiger partial charge in [0.05, 0.1) is 16.5 Å². The van der Waals surface area contributed by atoms with Crippen molar-refractivity contribution in [1.29, 1.82) is 0 Å². The van der Waals surface area contributed by atoms with Crippen molar-refractivity contribution in [2.45, 2.75) is 18.9 Å². The van der Waals surface area contributed by atoms with Gasteiger partial charge in [-0.05, 0) is 36.6 Å². The number of nitrogens with one attached hydrogen (secondary N) is 1. The second-order valence-electron chi connectivity index (χ2n) is 4.76. The Hall–Kier alpha value is -1.23. The molecule has 0 spiro atoms. The van der Waals surface area contributed by atoms with Gasteiger partial charge in [0.15, 0.2) is 0 Å². The molecule has 1 unspecified atom stereocenters. The number of rotatable bonds is 3. The highest BCUT2D eigenvalue weighted by atomic mass is 32.1. The van der Waals surface area contributed by atoms with Gasteiger partial charge in [-0.2, -0.15) is 0 Å². The second-order valence-corrected chi connectivity index (χ2v) is 5.65. The van der Waals surface area contributed by atoms with E-state index >= 15 is 0 Å². The molecular formula is C15H18N2OS. The molecule has 0 bridgehead atoms. The number of ether oxygens (including phenoxy) is 1. The first-order chi connectivity index (χ1) is 9.40. The highest BCUT2D eigenvalue weighted by Crippen LogP contribution is 2.35. The molecule has 1 aliphatic heterocycles. The van der Waals surface area contributed by atoms with Crippen molar-refractivity contribution in [3.05, 3.63) is 41.0 Å². The van der Waals surface area contributed by atoms with Gasteiger partial charge >= 0.3 is 0 Å². The van der Waals surface area contributed by atoms with Crippen LogP contribution in [0.1, 0.15) is 23.7 Å². The van der Waals surface area contributed by atoms with E-state index in [2.05, 4.69) is 28.5 Å². The van der Waals surface area contributed by atoms with Gasteiger partial charge in [0.2, 0.25) is 0 Å². The van der Waals surface area contributed by atoms with Gasteiger partial charge in [-0.25, -0.2) is 0 Å². The number of nitrogens with zero attached hydrogens (tertiary/aromatic N) is 1. The molecule has 4 heteroatoms. The summed E-state index contributed by atoms with van der Waals surface area (Å²) in [4.78, 5) is 5.45. The van der Waals surface area contributed by atoms with Crippen molar-refractivity contribution in [2.24, 2.45) is 0 Å². The first kappa shape index (κ1) is 12.8. The third kappa shape index (κ3) is 2.56. The van der Waals surface area contributed by atoms with Crippen LogP contribution in [-0.4, -0.2) is 25.2 Å². The van der Waals surface area contributed by atoms with Crippen molar-refractivity contribution < 1.29 is 4.74 Å². The third-order valence-electron chi connectivity index (χ3n) is 3.54. The molecule has 0 radical (unpaired) electrons. The molecule has 0 aliphatic carbocycles. The summed E-state index contributed by atoms with van der Waals surface area (Å²) in [6.45, 7) is 1.70. The molecule has 2 heterocycles. The summed E-state index contributed by atoms with van der Waals surface area (Å²) >= 11 is 1.70. The number of likely N-dealkylation sites (N-methyl/N-ethyl adjacent to an activating group) is 1. The lowest BCUT2D eigenvalue weighted by Crippen LogP contribution is -2.19. The molecule has 1 aliphatic rings. The number of hydrogen-bond donors (Lipinski definition) is 1. The Balaban J connectivity index is 2.07. The first-order valence-electron chi connectivity index (χ1n) is 6.67. The molecule has 3 nitrogen and oxygen atoms in total. The maximum Gasteiger partial charge on any atom is 0.0951 e. The van der Waals surface area contributed by atoms with E-state index in [0.717, 1.165) is 26.0 Å². The Kier molecular flexibility index (Phi) is 3.92. The molecule has 0 saturated carbocycles. The zero-order chi connectivity index (χ0) is 13.1. The number of thiazole rings is 1. The molecular weight excluding hydrogens is 256 g/mol. The van der Waals surface area contributed by atoms with E-state index in [9.17, 15) is 0 Å². The van der Waals surface area contributed by atoms with Crippen molar-refractivity contribution >= 4 is 11.3 Å². The fourth-order valence-electron chi connectivity index (χ4n) is 2.68. The second kappa shape index (κ2) is 5.82. The predicted molar refractivity (Wildman–Crippen MR) is 78.5 cm³/mol. The third-order valence-corrected chi connectivity index (χ3v) is 4.34. The molecule has 0 fully saturated rings. The van der Waals surface area contributed by atoms with Crippen LogP contribution in [0.5, 0.6) is 0 Å². The molecule has 0 amide bonds. The molecule has 1 aromatic carbocycles. The van der Waals surface area contributed by atoms with Gasteiger partial charge in [-0.15, -0.1) is 11.3 Å². The fourth-order valence-corrected chi connectivity index (χ4v) is 3.36. The predicted octanol–water partition coefficient (Wildman–Crippen LogP) is 3.03. The van der Waals surface area contributed by atoms with E-state index in [4.69, 9.17) is 4.74 Å². The number of aromatic nitrogens is 1. The lowest BCUT2D eigenvalue weighted by Gasteiger charge is -2.19. The van der Waals surface area contributed by atoms with E-state index in [0.29, 0.717) is 0 Å². The minimum absolute atomic E-state index is 0.162. The topological polar surface area (TPSA) is 34.1 Å². The largest absolute Gasteiger partial charge is 0.372 e. The van der Waals surface area contributed by atoms with E-state index < -0.39 is 0 Å². The Morgan fingerprint density at radius 3 is 3.21 bits per heavy atom. The smallest absolute Gasteiger partial charge is 0.0951 e. The Labute approximate surface area is 117 Å². The van der Waals surface area contributed by atoms with Gasteiger partial charge in [0, 0.05) is 19.3 Å². The van der Waals surface area contributed by atoms with Crippen LogP contribution in [0, 0.1) is 0 Å². The van der Waals surface area contributed by atoms with Crippen molar-refractivity contribution in [2.75, 3.05) is 20.2 Å². The van der Waals surface area contributed by atoms with Crippen molar-refractivity contribution in [3.8, 4) is 10.4 Å². The van der Waals surface area contributed by atoms with Crippen LogP contribution in [0.4, 0.5) is 0 Å². The lowest BCUT2D eigenvalue weighted by atomic mass is 9.94. The summed E-state index contributed by atoms with van der Waals surface area (Å²) in [5, 5.41) is 3.23. The number of benzene rings is 1. The van der Waals surface area contributed by atoms with Gasteiger partial charge < -0.3 is 10.1 Å². The Morgan fingerprint density at radius 1 is 1.47 bits per heavy atom. The average Bonchev–Trinajstić information content (AvgIpc) is 2.89. The summed E-state index contributed by atoms with van der Waals surface area (Å²) in [5.41, 5.74) is 5.99. The highest BCUT2D eigenvalue weighted by molar-refractivity contribution is 7.13. The van der Waals surface area contributed by atoms with Crippen LogP contribution in [0.15, 0.2) is 29.9 Å². The van der Waals surface area contributed by atoms with Gasteiger partial charge in [0.1, 0.15) is 0 Å². The molecule has 19 heavy (non-hydrogen) atoms. The maximum absolute atomic E-state index is 5.97. The molecule has 1 atom stereocenters. The van der Waals surface area contributed by atoms with Crippen LogP contribution in [0.25, 0.3) is 10.4 Å². The summed E-state index contributed by atoms with van der Waals surface area (Å²) in [6.07, 6.45) is 4.29. The quantitative estimate of drug-likeness (QED) is 0.934. The van der Waals surface area contributed by atoms with E-state index in [1.807, 2.05) is 18.8 Å². The number of fused-ring (bicyclic) bond motifs is 1. The van der Waals surface area contributed by atoms with E-state index in [1.54, 1.807) is 11.3 Å². The molecule has 0 saturated heterocycles.